The molecule has 0 aliphatic carbocycles. The van der Waals surface area contributed by atoms with Crippen LogP contribution >= 0.6 is 11.3 Å². The van der Waals surface area contributed by atoms with E-state index < -0.39 is 8.07 Å². The Labute approximate surface area is 204 Å². The molecule has 4 aromatic rings. The molecule has 0 aliphatic heterocycles. The zero-order chi connectivity index (χ0) is 24.1. The molecule has 0 unspecified atom stereocenters. The van der Waals surface area contributed by atoms with Crippen LogP contribution < -0.4 is 5.32 Å². The monoisotopic (exact) mass is 491 g/mol. The van der Waals surface area contributed by atoms with Crippen molar-refractivity contribution < 1.29 is 9.53 Å². The van der Waals surface area contributed by atoms with Crippen LogP contribution in [0.3, 0.4) is 0 Å². The minimum Gasteiger partial charge on any atom is -0.359 e. The van der Waals surface area contributed by atoms with E-state index >= 15 is 0 Å². The van der Waals surface area contributed by atoms with Crippen molar-refractivity contribution in [2.24, 2.45) is 0 Å². The first-order valence-corrected chi connectivity index (χ1v) is 15.8. The Hall–Kier alpha value is -3.14. The topological polar surface area (TPSA) is 81.9 Å². The summed E-state index contributed by atoms with van der Waals surface area (Å²) in [5, 5.41) is 9.35. The number of aromatic nitrogens is 4. The fourth-order valence-corrected chi connectivity index (χ4v) is 4.59. The molecule has 0 radical (unpaired) electrons. The standard InChI is InChI=1S/C25H29N5O2SSi/c1-18-6-5-7-20(14-18)23-28-24(30(29-23)17-32-12-13-34(2,3)4)19-8-10-21(11-9-19)27-25(31)22-15-33-16-26-22/h5-11,14-16H,12-13,17H2,1-4H3,(H,27,31). The molecule has 0 aliphatic rings. The van der Waals surface area contributed by atoms with Crippen LogP contribution in [0.25, 0.3) is 22.8 Å². The Balaban J connectivity index is 1.56. The van der Waals surface area contributed by atoms with Crippen LogP contribution in [0.5, 0.6) is 0 Å². The minimum absolute atomic E-state index is 0.227. The van der Waals surface area contributed by atoms with E-state index in [0.717, 1.165) is 28.6 Å². The summed E-state index contributed by atoms with van der Waals surface area (Å²) in [6.45, 7) is 10.1. The molecule has 0 atom stereocenters. The number of nitrogens with zero attached hydrogens (tertiary/aromatic N) is 4. The number of amides is 1. The molecule has 0 saturated carbocycles. The van der Waals surface area contributed by atoms with Crippen molar-refractivity contribution in [3.8, 4) is 22.8 Å². The SMILES string of the molecule is Cc1cccc(-c2nc(-c3ccc(NC(=O)c4cscn4)cc3)n(COCC[Si](C)(C)C)n2)c1. The number of thiazole rings is 1. The number of hydrogen-bond donors (Lipinski definition) is 1. The zero-order valence-electron chi connectivity index (χ0n) is 19.9. The molecular formula is C25H29N5O2SSi. The van der Waals surface area contributed by atoms with Crippen LogP contribution in [0, 0.1) is 6.92 Å². The van der Waals surface area contributed by atoms with Gasteiger partial charge in [0, 0.05) is 36.9 Å². The fourth-order valence-electron chi connectivity index (χ4n) is 3.30. The van der Waals surface area contributed by atoms with E-state index in [0.29, 0.717) is 30.5 Å². The van der Waals surface area contributed by atoms with Gasteiger partial charge in [-0.15, -0.1) is 16.4 Å². The first-order valence-electron chi connectivity index (χ1n) is 11.2. The Bertz CT molecular complexity index is 1250. The summed E-state index contributed by atoms with van der Waals surface area (Å²) < 4.78 is 7.79. The number of rotatable bonds is 9. The molecule has 0 fully saturated rings. The molecule has 9 heteroatoms. The average Bonchev–Trinajstić information content (AvgIpc) is 3.47. The van der Waals surface area contributed by atoms with E-state index in [-0.39, 0.29) is 5.91 Å². The van der Waals surface area contributed by atoms with Crippen molar-refractivity contribution in [3.05, 3.63) is 70.7 Å². The third-order valence-electron chi connectivity index (χ3n) is 5.22. The first kappa shape index (κ1) is 24.0. The number of carbonyl (C=O) groups is 1. The third kappa shape index (κ3) is 6.25. The second kappa shape index (κ2) is 10.4. The van der Waals surface area contributed by atoms with Gasteiger partial charge in [-0.05, 0) is 43.3 Å². The molecule has 1 amide bonds. The van der Waals surface area contributed by atoms with Gasteiger partial charge in [-0.3, -0.25) is 4.79 Å². The molecular weight excluding hydrogens is 462 g/mol. The van der Waals surface area contributed by atoms with Gasteiger partial charge in [0.05, 0.1) is 5.51 Å². The number of aryl methyl sites for hydroxylation is 1. The normalized spacial score (nSPS) is 11.5. The summed E-state index contributed by atoms with van der Waals surface area (Å²) in [7, 11) is -1.18. The van der Waals surface area contributed by atoms with E-state index in [4.69, 9.17) is 14.8 Å². The lowest BCUT2D eigenvalue weighted by molar-refractivity contribution is 0.0797. The van der Waals surface area contributed by atoms with E-state index in [9.17, 15) is 4.79 Å². The molecule has 0 saturated heterocycles. The Morgan fingerprint density at radius 1 is 1.12 bits per heavy atom. The van der Waals surface area contributed by atoms with E-state index in [1.807, 2.05) is 41.1 Å². The van der Waals surface area contributed by atoms with Gasteiger partial charge in [0.2, 0.25) is 0 Å². The second-order valence-corrected chi connectivity index (χ2v) is 15.7. The van der Waals surface area contributed by atoms with Crippen molar-refractivity contribution in [2.75, 3.05) is 11.9 Å². The molecule has 2 aromatic heterocycles. The number of carbonyl (C=O) groups excluding carboxylic acids is 1. The summed E-state index contributed by atoms with van der Waals surface area (Å²) in [5.41, 5.74) is 5.76. The number of anilines is 1. The van der Waals surface area contributed by atoms with Gasteiger partial charge in [0.15, 0.2) is 11.6 Å². The maximum atomic E-state index is 12.3. The molecule has 176 valence electrons. The summed E-state index contributed by atoms with van der Waals surface area (Å²) in [5.74, 6) is 1.16. The molecule has 2 heterocycles. The van der Waals surface area contributed by atoms with Crippen molar-refractivity contribution in [3.63, 3.8) is 0 Å². The highest BCUT2D eigenvalue weighted by Gasteiger charge is 2.16. The summed E-state index contributed by atoms with van der Waals surface area (Å²) in [4.78, 5) is 21.2. The highest BCUT2D eigenvalue weighted by atomic mass is 32.1. The molecule has 1 N–H and O–H groups in total. The van der Waals surface area contributed by atoms with Crippen LogP contribution in [0.4, 0.5) is 5.69 Å². The molecule has 4 rings (SSSR count). The van der Waals surface area contributed by atoms with Gasteiger partial charge in [-0.2, -0.15) is 0 Å². The summed E-state index contributed by atoms with van der Waals surface area (Å²) in [6.07, 6.45) is 0. The first-order chi connectivity index (χ1) is 16.3. The van der Waals surface area contributed by atoms with Gasteiger partial charge in [-0.1, -0.05) is 43.4 Å². The van der Waals surface area contributed by atoms with E-state index in [2.05, 4.69) is 49.0 Å². The highest BCUT2D eigenvalue weighted by Crippen LogP contribution is 2.25. The van der Waals surface area contributed by atoms with Crippen molar-refractivity contribution in [1.29, 1.82) is 0 Å². The lowest BCUT2D eigenvalue weighted by Gasteiger charge is -2.15. The maximum absolute atomic E-state index is 12.3. The lowest BCUT2D eigenvalue weighted by Crippen LogP contribution is -2.22. The average molecular weight is 492 g/mol. The Morgan fingerprint density at radius 3 is 2.59 bits per heavy atom. The molecule has 34 heavy (non-hydrogen) atoms. The zero-order valence-corrected chi connectivity index (χ0v) is 21.7. The molecule has 7 nitrogen and oxygen atoms in total. The van der Waals surface area contributed by atoms with Crippen LogP contribution in [-0.4, -0.2) is 40.3 Å². The quantitative estimate of drug-likeness (QED) is 0.231. The number of benzene rings is 2. The summed E-state index contributed by atoms with van der Waals surface area (Å²) >= 11 is 1.39. The van der Waals surface area contributed by atoms with Gasteiger partial charge in [0.1, 0.15) is 12.4 Å². The number of nitrogens with one attached hydrogen (secondary N) is 1. The maximum Gasteiger partial charge on any atom is 0.275 e. The molecule has 0 bridgehead atoms. The highest BCUT2D eigenvalue weighted by molar-refractivity contribution is 7.07. The van der Waals surface area contributed by atoms with Crippen molar-refractivity contribution in [2.45, 2.75) is 39.3 Å². The number of hydrogen-bond acceptors (Lipinski definition) is 6. The van der Waals surface area contributed by atoms with Gasteiger partial charge >= 0.3 is 0 Å². The van der Waals surface area contributed by atoms with Crippen LogP contribution in [0.15, 0.2) is 59.4 Å². The van der Waals surface area contributed by atoms with Crippen LogP contribution in [0.1, 0.15) is 16.1 Å². The van der Waals surface area contributed by atoms with Crippen LogP contribution in [0.2, 0.25) is 25.7 Å². The second-order valence-electron chi connectivity index (χ2n) is 9.38. The summed E-state index contributed by atoms with van der Waals surface area (Å²) in [6, 6.07) is 16.8. The van der Waals surface area contributed by atoms with Gasteiger partial charge in [0.25, 0.3) is 5.91 Å². The smallest absolute Gasteiger partial charge is 0.275 e. The Kier molecular flexibility index (Phi) is 7.35. The fraction of sp³-hybridized carbons (Fsp3) is 0.280. The molecule has 2 aromatic carbocycles. The third-order valence-corrected chi connectivity index (χ3v) is 7.51. The van der Waals surface area contributed by atoms with Crippen molar-refractivity contribution >= 4 is 31.0 Å². The Morgan fingerprint density at radius 2 is 1.91 bits per heavy atom. The van der Waals surface area contributed by atoms with Gasteiger partial charge < -0.3 is 10.1 Å². The number of ether oxygens (including phenoxy) is 1. The van der Waals surface area contributed by atoms with Crippen LogP contribution in [-0.2, 0) is 11.5 Å². The predicted molar refractivity (Wildman–Crippen MR) is 140 cm³/mol. The van der Waals surface area contributed by atoms with E-state index in [1.54, 1.807) is 10.9 Å². The lowest BCUT2D eigenvalue weighted by atomic mass is 10.1. The van der Waals surface area contributed by atoms with E-state index in [1.165, 1.54) is 11.3 Å². The van der Waals surface area contributed by atoms with Crippen molar-refractivity contribution in [1.82, 2.24) is 19.7 Å². The van der Waals surface area contributed by atoms with Gasteiger partial charge in [-0.25, -0.2) is 14.6 Å². The largest absolute Gasteiger partial charge is 0.359 e. The molecule has 0 spiro atoms. The minimum atomic E-state index is -1.18. The predicted octanol–water partition coefficient (Wildman–Crippen LogP) is 5.94.